The Labute approximate surface area is 120 Å². The van der Waals surface area contributed by atoms with E-state index < -0.39 is 0 Å². The van der Waals surface area contributed by atoms with E-state index in [1.54, 1.807) is 13.8 Å². The van der Waals surface area contributed by atoms with E-state index >= 15 is 0 Å². The molecule has 1 saturated heterocycles. The molecule has 0 amide bonds. The van der Waals surface area contributed by atoms with Gasteiger partial charge in [0, 0.05) is 17.6 Å². The summed E-state index contributed by atoms with van der Waals surface area (Å²) in [4.78, 5) is 22.9. The highest BCUT2D eigenvalue weighted by Crippen LogP contribution is 2.32. The van der Waals surface area contributed by atoms with Crippen LogP contribution in [0.25, 0.3) is 0 Å². The molecule has 0 unspecified atom stereocenters. The fourth-order valence-electron chi connectivity index (χ4n) is 2.13. The molecule has 5 nitrogen and oxygen atoms in total. The molecule has 0 saturated carbocycles. The van der Waals surface area contributed by atoms with E-state index in [1.807, 2.05) is 12.2 Å². The van der Waals surface area contributed by atoms with Gasteiger partial charge in [0.15, 0.2) is 0 Å². The lowest BCUT2D eigenvalue weighted by Gasteiger charge is -2.32. The zero-order chi connectivity index (χ0) is 14.8. The molecular weight excluding hydrogens is 258 g/mol. The molecule has 0 aromatic rings. The SMILES string of the molecule is CCOC(=O)/C=C/C1(/C=C/C(=O)OCC)CCNCC1. The molecule has 1 aliphatic heterocycles. The van der Waals surface area contributed by atoms with E-state index in [9.17, 15) is 9.59 Å². The summed E-state index contributed by atoms with van der Waals surface area (Å²) in [5.74, 6) is -0.704. The van der Waals surface area contributed by atoms with Crippen molar-refractivity contribution in [2.75, 3.05) is 26.3 Å². The van der Waals surface area contributed by atoms with Crippen molar-refractivity contribution in [1.82, 2.24) is 5.32 Å². The van der Waals surface area contributed by atoms with Crippen molar-refractivity contribution in [2.45, 2.75) is 26.7 Å². The average molecular weight is 281 g/mol. The van der Waals surface area contributed by atoms with Gasteiger partial charge in [0.25, 0.3) is 0 Å². The van der Waals surface area contributed by atoms with Crippen LogP contribution in [0.15, 0.2) is 24.3 Å². The first kappa shape index (κ1) is 16.4. The van der Waals surface area contributed by atoms with Gasteiger partial charge in [-0.15, -0.1) is 0 Å². The molecule has 5 heteroatoms. The fourth-order valence-corrected chi connectivity index (χ4v) is 2.13. The van der Waals surface area contributed by atoms with Crippen molar-refractivity contribution >= 4 is 11.9 Å². The maximum atomic E-state index is 11.4. The lowest BCUT2D eigenvalue weighted by atomic mass is 9.78. The number of esters is 2. The molecular formula is C15H23NO4. The fraction of sp³-hybridized carbons (Fsp3) is 0.600. The molecule has 0 aromatic heterocycles. The third kappa shape index (κ3) is 5.57. The van der Waals surface area contributed by atoms with Gasteiger partial charge in [-0.1, -0.05) is 12.2 Å². The zero-order valence-electron chi connectivity index (χ0n) is 12.2. The minimum absolute atomic E-state index is 0.287. The highest BCUT2D eigenvalue weighted by atomic mass is 16.5. The Bertz CT molecular complexity index is 351. The normalized spacial score (nSPS) is 18.3. The van der Waals surface area contributed by atoms with Gasteiger partial charge in [-0.25, -0.2) is 9.59 Å². The minimum atomic E-state index is -0.352. The first-order valence-electron chi connectivity index (χ1n) is 7.04. The van der Waals surface area contributed by atoms with Crippen molar-refractivity contribution in [1.29, 1.82) is 0 Å². The molecule has 0 atom stereocenters. The molecule has 1 aliphatic rings. The largest absolute Gasteiger partial charge is 0.463 e. The smallest absolute Gasteiger partial charge is 0.330 e. The topological polar surface area (TPSA) is 64.6 Å². The van der Waals surface area contributed by atoms with Crippen molar-refractivity contribution in [3.05, 3.63) is 24.3 Å². The predicted molar refractivity (Wildman–Crippen MR) is 76.1 cm³/mol. The third-order valence-corrected chi connectivity index (χ3v) is 3.21. The van der Waals surface area contributed by atoms with Gasteiger partial charge in [0.05, 0.1) is 13.2 Å². The Morgan fingerprint density at radius 1 is 1.00 bits per heavy atom. The van der Waals surface area contributed by atoms with Crippen LogP contribution in [0.5, 0.6) is 0 Å². The molecule has 0 aromatic carbocycles. The first-order valence-corrected chi connectivity index (χ1v) is 7.04. The summed E-state index contributed by atoms with van der Waals surface area (Å²) in [5.41, 5.74) is -0.287. The Balaban J connectivity index is 2.75. The van der Waals surface area contributed by atoms with Gasteiger partial charge in [-0.2, -0.15) is 0 Å². The summed E-state index contributed by atoms with van der Waals surface area (Å²) in [7, 11) is 0. The Morgan fingerprint density at radius 2 is 1.45 bits per heavy atom. The van der Waals surface area contributed by atoms with E-state index in [-0.39, 0.29) is 17.4 Å². The minimum Gasteiger partial charge on any atom is -0.463 e. The third-order valence-electron chi connectivity index (χ3n) is 3.21. The molecule has 0 aliphatic carbocycles. The quantitative estimate of drug-likeness (QED) is 0.592. The molecule has 1 N–H and O–H groups in total. The summed E-state index contributed by atoms with van der Waals surface area (Å²) in [6.45, 7) is 5.95. The summed E-state index contributed by atoms with van der Waals surface area (Å²) >= 11 is 0. The summed E-state index contributed by atoms with van der Waals surface area (Å²) in [6, 6.07) is 0. The first-order chi connectivity index (χ1) is 9.62. The van der Waals surface area contributed by atoms with Gasteiger partial charge in [-0.05, 0) is 39.8 Å². The molecule has 0 spiro atoms. The second-order valence-electron chi connectivity index (χ2n) is 4.65. The second kappa shape index (κ2) is 8.53. The number of rotatable bonds is 6. The lowest BCUT2D eigenvalue weighted by molar-refractivity contribution is -0.138. The maximum absolute atomic E-state index is 11.4. The maximum Gasteiger partial charge on any atom is 0.330 e. The van der Waals surface area contributed by atoms with Gasteiger partial charge < -0.3 is 14.8 Å². The summed E-state index contributed by atoms with van der Waals surface area (Å²) in [5, 5.41) is 3.26. The molecule has 1 heterocycles. The number of ether oxygens (including phenoxy) is 2. The zero-order valence-corrected chi connectivity index (χ0v) is 12.2. The van der Waals surface area contributed by atoms with Gasteiger partial charge in [-0.3, -0.25) is 0 Å². The van der Waals surface area contributed by atoms with Crippen molar-refractivity contribution in [3.63, 3.8) is 0 Å². The van der Waals surface area contributed by atoms with E-state index in [1.165, 1.54) is 12.2 Å². The van der Waals surface area contributed by atoms with Crippen LogP contribution in [-0.4, -0.2) is 38.2 Å². The van der Waals surface area contributed by atoms with Crippen LogP contribution >= 0.6 is 0 Å². The molecule has 0 radical (unpaired) electrons. The Hall–Kier alpha value is -1.62. The summed E-state index contributed by atoms with van der Waals surface area (Å²) in [6.07, 6.45) is 8.23. The van der Waals surface area contributed by atoms with Crippen molar-refractivity contribution < 1.29 is 19.1 Å². The summed E-state index contributed by atoms with van der Waals surface area (Å²) < 4.78 is 9.77. The van der Waals surface area contributed by atoms with Gasteiger partial charge in [0.2, 0.25) is 0 Å². The monoisotopic (exact) mass is 281 g/mol. The van der Waals surface area contributed by atoms with Gasteiger partial charge >= 0.3 is 11.9 Å². The molecule has 1 fully saturated rings. The average Bonchev–Trinajstić information content (AvgIpc) is 2.45. The molecule has 0 bridgehead atoms. The van der Waals surface area contributed by atoms with Crippen molar-refractivity contribution in [3.8, 4) is 0 Å². The number of hydrogen-bond acceptors (Lipinski definition) is 5. The number of carbonyl (C=O) groups is 2. The van der Waals surface area contributed by atoms with E-state index in [2.05, 4.69) is 5.32 Å². The second-order valence-corrected chi connectivity index (χ2v) is 4.65. The number of hydrogen-bond donors (Lipinski definition) is 1. The van der Waals surface area contributed by atoms with E-state index in [0.29, 0.717) is 13.2 Å². The lowest BCUT2D eigenvalue weighted by Crippen LogP contribution is -2.34. The van der Waals surface area contributed by atoms with E-state index in [4.69, 9.17) is 9.47 Å². The van der Waals surface area contributed by atoms with Crippen molar-refractivity contribution in [2.24, 2.45) is 5.41 Å². The van der Waals surface area contributed by atoms with Crippen LogP contribution in [-0.2, 0) is 19.1 Å². The Morgan fingerprint density at radius 3 is 1.85 bits per heavy atom. The highest BCUT2D eigenvalue weighted by molar-refractivity contribution is 5.83. The van der Waals surface area contributed by atoms with Crippen LogP contribution in [0.4, 0.5) is 0 Å². The van der Waals surface area contributed by atoms with Crippen LogP contribution < -0.4 is 5.32 Å². The predicted octanol–water partition coefficient (Wildman–Crippen LogP) is 1.59. The molecule has 112 valence electrons. The Kier molecular flexibility index (Phi) is 7.01. The van der Waals surface area contributed by atoms with Gasteiger partial charge in [0.1, 0.15) is 0 Å². The number of piperidine rings is 1. The van der Waals surface area contributed by atoms with E-state index in [0.717, 1.165) is 25.9 Å². The molecule has 20 heavy (non-hydrogen) atoms. The highest BCUT2D eigenvalue weighted by Gasteiger charge is 2.27. The van der Waals surface area contributed by atoms with Crippen LogP contribution in [0.1, 0.15) is 26.7 Å². The number of nitrogens with one attached hydrogen (secondary N) is 1. The van der Waals surface area contributed by atoms with Crippen LogP contribution in [0.2, 0.25) is 0 Å². The number of allylic oxidation sites excluding steroid dienone is 2. The standard InChI is InChI=1S/C15H23NO4/c1-3-19-13(17)5-7-15(9-11-16-12-10-15)8-6-14(18)20-4-2/h5-8,16H,3-4,9-12H2,1-2H3/b7-5+,8-6+. The van der Waals surface area contributed by atoms with Crippen LogP contribution in [0, 0.1) is 5.41 Å². The van der Waals surface area contributed by atoms with Crippen LogP contribution in [0.3, 0.4) is 0 Å². The molecule has 1 rings (SSSR count). The number of carbonyl (C=O) groups excluding carboxylic acids is 2.